The van der Waals surface area contributed by atoms with Gasteiger partial charge < -0.3 is 5.11 Å². The molecule has 2 amide bonds. The summed E-state index contributed by atoms with van der Waals surface area (Å²) in [5.41, 5.74) is 0.602. The SMILES string of the molecule is C/C(=C\C(=O)O)CN1CC(=O)NC(=O)C1. The number of nitrogens with one attached hydrogen (secondary N) is 1. The maximum atomic E-state index is 11.0. The van der Waals surface area contributed by atoms with Crippen molar-refractivity contribution in [3.8, 4) is 0 Å². The van der Waals surface area contributed by atoms with Crippen molar-refractivity contribution in [2.24, 2.45) is 0 Å². The average molecular weight is 212 g/mol. The first-order valence-electron chi connectivity index (χ1n) is 4.42. The van der Waals surface area contributed by atoms with E-state index in [1.54, 1.807) is 11.8 Å². The number of hydrogen-bond donors (Lipinski definition) is 2. The van der Waals surface area contributed by atoms with Gasteiger partial charge in [0.2, 0.25) is 11.8 Å². The summed E-state index contributed by atoms with van der Waals surface area (Å²) >= 11 is 0. The second-order valence-electron chi connectivity index (χ2n) is 3.45. The first-order valence-corrected chi connectivity index (χ1v) is 4.42. The van der Waals surface area contributed by atoms with Crippen LogP contribution in [0.4, 0.5) is 0 Å². The van der Waals surface area contributed by atoms with Crippen molar-refractivity contribution >= 4 is 17.8 Å². The number of carboxylic acid groups (broad SMARTS) is 1. The zero-order chi connectivity index (χ0) is 11.4. The van der Waals surface area contributed by atoms with Crippen LogP contribution < -0.4 is 5.32 Å². The molecule has 1 aliphatic heterocycles. The third-order valence-corrected chi connectivity index (χ3v) is 1.86. The zero-order valence-corrected chi connectivity index (χ0v) is 8.32. The molecule has 0 bridgehead atoms. The van der Waals surface area contributed by atoms with Crippen LogP contribution in [-0.4, -0.2) is 47.4 Å². The van der Waals surface area contributed by atoms with Crippen LogP contribution in [0.5, 0.6) is 0 Å². The monoisotopic (exact) mass is 212 g/mol. The molecule has 1 aliphatic rings. The van der Waals surface area contributed by atoms with Gasteiger partial charge in [-0.25, -0.2) is 4.79 Å². The van der Waals surface area contributed by atoms with E-state index in [2.05, 4.69) is 5.32 Å². The maximum Gasteiger partial charge on any atom is 0.328 e. The highest BCUT2D eigenvalue weighted by Crippen LogP contribution is 2.01. The molecule has 0 aliphatic carbocycles. The Morgan fingerprint density at radius 2 is 2.00 bits per heavy atom. The minimum atomic E-state index is -1.03. The van der Waals surface area contributed by atoms with E-state index in [1.807, 2.05) is 0 Å². The number of rotatable bonds is 3. The zero-order valence-electron chi connectivity index (χ0n) is 8.32. The van der Waals surface area contributed by atoms with Crippen molar-refractivity contribution in [1.29, 1.82) is 0 Å². The van der Waals surface area contributed by atoms with Gasteiger partial charge in [-0.1, -0.05) is 5.57 Å². The van der Waals surface area contributed by atoms with Crippen LogP contribution in [-0.2, 0) is 14.4 Å². The summed E-state index contributed by atoms with van der Waals surface area (Å²) in [7, 11) is 0. The van der Waals surface area contributed by atoms with Crippen LogP contribution in [0.1, 0.15) is 6.92 Å². The summed E-state index contributed by atoms with van der Waals surface area (Å²) in [6.07, 6.45) is 1.07. The molecule has 1 fully saturated rings. The van der Waals surface area contributed by atoms with Crippen molar-refractivity contribution in [2.45, 2.75) is 6.92 Å². The molecule has 15 heavy (non-hydrogen) atoms. The number of hydrogen-bond acceptors (Lipinski definition) is 4. The fourth-order valence-electron chi connectivity index (χ4n) is 1.42. The Hall–Kier alpha value is -1.69. The Morgan fingerprint density at radius 3 is 2.47 bits per heavy atom. The highest BCUT2D eigenvalue weighted by atomic mass is 16.4. The molecule has 0 saturated carbocycles. The highest BCUT2D eigenvalue weighted by Gasteiger charge is 2.22. The van der Waals surface area contributed by atoms with Crippen LogP contribution in [0, 0.1) is 0 Å². The molecule has 1 heterocycles. The molecule has 0 aromatic rings. The number of imide groups is 1. The molecule has 1 rings (SSSR count). The van der Waals surface area contributed by atoms with E-state index in [0.717, 1.165) is 6.08 Å². The second kappa shape index (κ2) is 4.70. The number of piperazine rings is 1. The molecule has 0 radical (unpaired) electrons. The van der Waals surface area contributed by atoms with Crippen molar-refractivity contribution < 1.29 is 19.5 Å². The topological polar surface area (TPSA) is 86.7 Å². The van der Waals surface area contributed by atoms with Gasteiger partial charge in [-0.15, -0.1) is 0 Å². The summed E-state index contributed by atoms with van der Waals surface area (Å²) in [6, 6.07) is 0. The molecule has 0 aromatic carbocycles. The van der Waals surface area contributed by atoms with Gasteiger partial charge in [0.1, 0.15) is 0 Å². The normalized spacial score (nSPS) is 18.9. The Bertz CT molecular complexity index is 319. The molecule has 0 unspecified atom stereocenters. The minimum absolute atomic E-state index is 0.122. The van der Waals surface area contributed by atoms with Crippen LogP contribution in [0.2, 0.25) is 0 Å². The third kappa shape index (κ3) is 3.90. The first kappa shape index (κ1) is 11.4. The van der Waals surface area contributed by atoms with E-state index in [9.17, 15) is 14.4 Å². The number of carbonyl (C=O) groups excluding carboxylic acids is 2. The number of nitrogens with zero attached hydrogens (tertiary/aromatic N) is 1. The van der Waals surface area contributed by atoms with E-state index in [4.69, 9.17) is 5.11 Å². The predicted molar refractivity (Wildman–Crippen MR) is 51.0 cm³/mol. The number of aliphatic carboxylic acids is 1. The molecular formula is C9H12N2O4. The number of carbonyl (C=O) groups is 3. The third-order valence-electron chi connectivity index (χ3n) is 1.86. The van der Waals surface area contributed by atoms with Crippen LogP contribution in [0.15, 0.2) is 11.6 Å². The fraction of sp³-hybridized carbons (Fsp3) is 0.444. The lowest BCUT2D eigenvalue weighted by Crippen LogP contribution is -2.51. The van der Waals surface area contributed by atoms with Gasteiger partial charge in [-0.2, -0.15) is 0 Å². The van der Waals surface area contributed by atoms with E-state index in [0.29, 0.717) is 12.1 Å². The van der Waals surface area contributed by atoms with Crippen molar-refractivity contribution in [1.82, 2.24) is 10.2 Å². The van der Waals surface area contributed by atoms with E-state index >= 15 is 0 Å². The van der Waals surface area contributed by atoms with Gasteiger partial charge in [0.15, 0.2) is 0 Å². The summed E-state index contributed by atoms with van der Waals surface area (Å²) in [5.74, 6) is -1.73. The van der Waals surface area contributed by atoms with E-state index in [1.165, 1.54) is 0 Å². The Balaban J connectivity index is 2.54. The number of carboxylic acids is 1. The summed E-state index contributed by atoms with van der Waals surface area (Å²) in [5, 5.41) is 10.6. The van der Waals surface area contributed by atoms with E-state index in [-0.39, 0.29) is 24.9 Å². The Labute approximate surface area is 86.6 Å². The van der Waals surface area contributed by atoms with Crippen LogP contribution in [0.25, 0.3) is 0 Å². The van der Waals surface area contributed by atoms with Crippen molar-refractivity contribution in [2.75, 3.05) is 19.6 Å². The molecule has 82 valence electrons. The lowest BCUT2D eigenvalue weighted by Gasteiger charge is -2.25. The average Bonchev–Trinajstić information content (AvgIpc) is 1.98. The minimum Gasteiger partial charge on any atom is -0.478 e. The maximum absolute atomic E-state index is 11.0. The van der Waals surface area contributed by atoms with Gasteiger partial charge in [0.05, 0.1) is 13.1 Å². The van der Waals surface area contributed by atoms with E-state index < -0.39 is 5.97 Å². The van der Waals surface area contributed by atoms with Gasteiger partial charge in [-0.05, 0) is 6.92 Å². The summed E-state index contributed by atoms with van der Waals surface area (Å²) in [6.45, 7) is 2.20. The standard InChI is InChI=1S/C9H12N2O4/c1-6(2-9(14)15)3-11-4-7(12)10-8(13)5-11/h2H,3-5H2,1H3,(H,14,15)(H,10,12,13)/b6-2+. The molecule has 0 atom stereocenters. The summed E-state index contributed by atoms with van der Waals surface area (Å²) in [4.78, 5) is 33.9. The van der Waals surface area contributed by atoms with Gasteiger partial charge >= 0.3 is 5.97 Å². The van der Waals surface area contributed by atoms with Crippen LogP contribution in [0.3, 0.4) is 0 Å². The molecule has 0 spiro atoms. The van der Waals surface area contributed by atoms with Gasteiger partial charge in [-0.3, -0.25) is 19.8 Å². The van der Waals surface area contributed by atoms with Gasteiger partial charge in [0.25, 0.3) is 0 Å². The quantitative estimate of drug-likeness (QED) is 0.461. The fourth-order valence-corrected chi connectivity index (χ4v) is 1.42. The smallest absolute Gasteiger partial charge is 0.328 e. The molecule has 2 N–H and O–H groups in total. The molecule has 6 heteroatoms. The molecule has 1 saturated heterocycles. The second-order valence-corrected chi connectivity index (χ2v) is 3.45. The highest BCUT2D eigenvalue weighted by molar-refractivity contribution is 5.99. The lowest BCUT2D eigenvalue weighted by atomic mass is 10.2. The largest absolute Gasteiger partial charge is 0.478 e. The predicted octanol–water partition coefficient (Wildman–Crippen LogP) is -1.02. The first-order chi connectivity index (χ1) is 6.97. The Kier molecular flexibility index (Phi) is 3.56. The number of amides is 2. The van der Waals surface area contributed by atoms with Crippen LogP contribution >= 0.6 is 0 Å². The summed E-state index contributed by atoms with van der Waals surface area (Å²) < 4.78 is 0. The van der Waals surface area contributed by atoms with Crippen molar-refractivity contribution in [3.63, 3.8) is 0 Å². The van der Waals surface area contributed by atoms with Gasteiger partial charge in [0, 0.05) is 12.6 Å². The Morgan fingerprint density at radius 1 is 1.47 bits per heavy atom. The molecule has 0 aromatic heterocycles. The van der Waals surface area contributed by atoms with Crippen molar-refractivity contribution in [3.05, 3.63) is 11.6 Å². The lowest BCUT2D eigenvalue weighted by molar-refractivity contribution is -0.135. The molecule has 6 nitrogen and oxygen atoms in total. The molecular weight excluding hydrogens is 200 g/mol.